The summed E-state index contributed by atoms with van der Waals surface area (Å²) in [6.45, 7) is 0.755. The van der Waals surface area contributed by atoms with Crippen LogP contribution in [0.15, 0.2) is 29.9 Å². The molecule has 2 rings (SSSR count). The standard InChI is InChI=1S/C10H12N4S/c1-11-9-6-8(2-3-12-9)14-7-10-13-4-5-15-10/h2-6H,7H2,1H3,(H2,11,12,14). The number of pyridine rings is 1. The van der Waals surface area contributed by atoms with Gasteiger partial charge < -0.3 is 10.6 Å². The number of rotatable bonds is 4. The smallest absolute Gasteiger partial charge is 0.127 e. The maximum Gasteiger partial charge on any atom is 0.127 e. The average molecular weight is 220 g/mol. The molecular formula is C10H12N4S. The van der Waals surface area contributed by atoms with Gasteiger partial charge in [0.25, 0.3) is 0 Å². The molecule has 5 heteroatoms. The lowest BCUT2D eigenvalue weighted by Crippen LogP contribution is -2.00. The fraction of sp³-hybridized carbons (Fsp3) is 0.200. The summed E-state index contributed by atoms with van der Waals surface area (Å²) in [5.41, 5.74) is 1.05. The van der Waals surface area contributed by atoms with Crippen LogP contribution in [0, 0.1) is 0 Å². The van der Waals surface area contributed by atoms with Gasteiger partial charge in [0.1, 0.15) is 10.8 Å². The Morgan fingerprint density at radius 3 is 3.00 bits per heavy atom. The van der Waals surface area contributed by atoms with Crippen molar-refractivity contribution < 1.29 is 0 Å². The zero-order valence-electron chi connectivity index (χ0n) is 8.40. The molecule has 2 N–H and O–H groups in total. The highest BCUT2D eigenvalue weighted by Crippen LogP contribution is 2.13. The largest absolute Gasteiger partial charge is 0.378 e. The number of thiazole rings is 1. The molecule has 15 heavy (non-hydrogen) atoms. The predicted molar refractivity (Wildman–Crippen MR) is 63.2 cm³/mol. The highest BCUT2D eigenvalue weighted by molar-refractivity contribution is 7.09. The van der Waals surface area contributed by atoms with E-state index in [-0.39, 0.29) is 0 Å². The molecule has 0 saturated carbocycles. The third kappa shape index (κ3) is 2.66. The zero-order valence-corrected chi connectivity index (χ0v) is 9.21. The molecule has 0 spiro atoms. The molecule has 78 valence electrons. The Kier molecular flexibility index (Phi) is 3.14. The molecule has 4 nitrogen and oxygen atoms in total. The second-order valence-electron chi connectivity index (χ2n) is 2.96. The molecule has 0 saturated heterocycles. The minimum absolute atomic E-state index is 0.755. The van der Waals surface area contributed by atoms with E-state index in [1.165, 1.54) is 0 Å². The molecule has 0 bridgehead atoms. The van der Waals surface area contributed by atoms with Crippen LogP contribution in [0.25, 0.3) is 0 Å². The first-order valence-electron chi connectivity index (χ1n) is 4.64. The molecule has 0 aliphatic rings. The van der Waals surface area contributed by atoms with E-state index in [2.05, 4.69) is 20.6 Å². The van der Waals surface area contributed by atoms with Gasteiger partial charge in [-0.2, -0.15) is 0 Å². The first-order chi connectivity index (χ1) is 7.38. The van der Waals surface area contributed by atoms with E-state index in [1.54, 1.807) is 17.5 Å². The highest BCUT2D eigenvalue weighted by Gasteiger charge is 1.97. The molecule has 0 radical (unpaired) electrons. The lowest BCUT2D eigenvalue weighted by Gasteiger charge is -2.05. The first kappa shape index (κ1) is 9.92. The van der Waals surface area contributed by atoms with Crippen molar-refractivity contribution in [1.82, 2.24) is 9.97 Å². The quantitative estimate of drug-likeness (QED) is 0.829. The van der Waals surface area contributed by atoms with E-state index >= 15 is 0 Å². The SMILES string of the molecule is CNc1cc(NCc2nccs2)ccn1. The topological polar surface area (TPSA) is 49.8 Å². The van der Waals surface area contributed by atoms with Crippen molar-refractivity contribution in [3.63, 3.8) is 0 Å². The van der Waals surface area contributed by atoms with Crippen molar-refractivity contribution in [2.45, 2.75) is 6.54 Å². The van der Waals surface area contributed by atoms with Crippen LogP contribution in [0.5, 0.6) is 0 Å². The van der Waals surface area contributed by atoms with Gasteiger partial charge in [0.2, 0.25) is 0 Å². The van der Waals surface area contributed by atoms with E-state index in [0.29, 0.717) is 0 Å². The van der Waals surface area contributed by atoms with E-state index in [1.807, 2.05) is 30.8 Å². The Labute approximate surface area is 92.4 Å². The van der Waals surface area contributed by atoms with Gasteiger partial charge in [-0.3, -0.25) is 0 Å². The van der Waals surface area contributed by atoms with Crippen LogP contribution in [0.1, 0.15) is 5.01 Å². The van der Waals surface area contributed by atoms with Crippen molar-refractivity contribution in [3.05, 3.63) is 34.9 Å². The molecule has 2 heterocycles. The maximum absolute atomic E-state index is 4.20. The van der Waals surface area contributed by atoms with Crippen LogP contribution in [0.3, 0.4) is 0 Å². The highest BCUT2D eigenvalue weighted by atomic mass is 32.1. The molecule has 0 aromatic carbocycles. The van der Waals surface area contributed by atoms with E-state index in [4.69, 9.17) is 0 Å². The van der Waals surface area contributed by atoms with Crippen molar-refractivity contribution in [1.29, 1.82) is 0 Å². The molecule has 2 aromatic rings. The van der Waals surface area contributed by atoms with Gasteiger partial charge in [0.15, 0.2) is 0 Å². The molecular weight excluding hydrogens is 208 g/mol. The molecule has 2 aromatic heterocycles. The van der Waals surface area contributed by atoms with Crippen LogP contribution in [-0.4, -0.2) is 17.0 Å². The fourth-order valence-electron chi connectivity index (χ4n) is 1.20. The van der Waals surface area contributed by atoms with E-state index in [0.717, 1.165) is 23.1 Å². The summed E-state index contributed by atoms with van der Waals surface area (Å²) >= 11 is 1.65. The van der Waals surface area contributed by atoms with Gasteiger partial charge in [0.05, 0.1) is 6.54 Å². The van der Waals surface area contributed by atoms with Crippen LogP contribution < -0.4 is 10.6 Å². The van der Waals surface area contributed by atoms with Crippen LogP contribution >= 0.6 is 11.3 Å². The number of nitrogens with one attached hydrogen (secondary N) is 2. The van der Waals surface area contributed by atoms with Crippen molar-refractivity contribution in [3.8, 4) is 0 Å². The summed E-state index contributed by atoms with van der Waals surface area (Å²) in [5.74, 6) is 0.860. The third-order valence-electron chi connectivity index (χ3n) is 1.94. The summed E-state index contributed by atoms with van der Waals surface area (Å²) in [4.78, 5) is 8.34. The van der Waals surface area contributed by atoms with Gasteiger partial charge >= 0.3 is 0 Å². The molecule has 0 atom stereocenters. The van der Waals surface area contributed by atoms with Crippen molar-refractivity contribution in [2.75, 3.05) is 17.7 Å². The third-order valence-corrected chi connectivity index (χ3v) is 2.72. The monoisotopic (exact) mass is 220 g/mol. The summed E-state index contributed by atoms with van der Waals surface area (Å²) in [7, 11) is 1.85. The normalized spacial score (nSPS) is 9.93. The Morgan fingerprint density at radius 2 is 2.27 bits per heavy atom. The molecule has 0 aliphatic carbocycles. The Bertz CT molecular complexity index is 413. The number of nitrogens with zero attached hydrogens (tertiary/aromatic N) is 2. The van der Waals surface area contributed by atoms with Gasteiger partial charge in [-0.05, 0) is 6.07 Å². The van der Waals surface area contributed by atoms with Crippen LogP contribution in [-0.2, 0) is 6.54 Å². The van der Waals surface area contributed by atoms with Gasteiger partial charge in [-0.15, -0.1) is 11.3 Å². The number of anilines is 2. The van der Waals surface area contributed by atoms with Crippen molar-refractivity contribution >= 4 is 22.8 Å². The lowest BCUT2D eigenvalue weighted by molar-refractivity contribution is 1.10. The summed E-state index contributed by atoms with van der Waals surface area (Å²) in [6, 6.07) is 3.90. The molecule has 0 aliphatic heterocycles. The minimum atomic E-state index is 0.755. The Balaban J connectivity index is 1.98. The first-order valence-corrected chi connectivity index (χ1v) is 5.52. The van der Waals surface area contributed by atoms with Gasteiger partial charge in [0, 0.05) is 36.6 Å². The second kappa shape index (κ2) is 4.75. The predicted octanol–water partition coefficient (Wildman–Crippen LogP) is 2.19. The Hall–Kier alpha value is -1.62. The number of hydrogen-bond donors (Lipinski definition) is 2. The lowest BCUT2D eigenvalue weighted by atomic mass is 10.4. The Morgan fingerprint density at radius 1 is 1.33 bits per heavy atom. The molecule has 0 fully saturated rings. The average Bonchev–Trinajstić information content (AvgIpc) is 2.79. The summed E-state index contributed by atoms with van der Waals surface area (Å²) in [5, 5.41) is 9.34. The fourth-order valence-corrected chi connectivity index (χ4v) is 1.75. The second-order valence-corrected chi connectivity index (χ2v) is 3.94. The van der Waals surface area contributed by atoms with Gasteiger partial charge in [-0.25, -0.2) is 9.97 Å². The number of hydrogen-bond acceptors (Lipinski definition) is 5. The van der Waals surface area contributed by atoms with E-state index in [9.17, 15) is 0 Å². The van der Waals surface area contributed by atoms with E-state index < -0.39 is 0 Å². The molecule has 0 unspecified atom stereocenters. The van der Waals surface area contributed by atoms with Crippen LogP contribution in [0.2, 0.25) is 0 Å². The molecule has 0 amide bonds. The summed E-state index contributed by atoms with van der Waals surface area (Å²) < 4.78 is 0. The van der Waals surface area contributed by atoms with Crippen molar-refractivity contribution in [2.24, 2.45) is 0 Å². The minimum Gasteiger partial charge on any atom is -0.378 e. The number of aromatic nitrogens is 2. The zero-order chi connectivity index (χ0) is 10.5. The maximum atomic E-state index is 4.20. The van der Waals surface area contributed by atoms with Gasteiger partial charge in [-0.1, -0.05) is 0 Å². The summed E-state index contributed by atoms with van der Waals surface area (Å²) in [6.07, 6.45) is 3.59. The van der Waals surface area contributed by atoms with Crippen LogP contribution in [0.4, 0.5) is 11.5 Å².